The zero-order valence-corrected chi connectivity index (χ0v) is 49.1. The lowest BCUT2D eigenvalue weighted by atomic mass is 10.1. The summed E-state index contributed by atoms with van der Waals surface area (Å²) >= 11 is 0. The molecule has 14 heteroatoms. The molecule has 11 heterocycles. The zero-order chi connectivity index (χ0) is 58.2. The van der Waals surface area contributed by atoms with E-state index in [1.165, 1.54) is 99.7 Å². The smallest absolute Gasteiger partial charge is 0.312 e. The van der Waals surface area contributed by atoms with Crippen molar-refractivity contribution in [2.75, 3.05) is 0 Å². The van der Waals surface area contributed by atoms with Crippen molar-refractivity contribution in [3.05, 3.63) is 247 Å². The predicted octanol–water partition coefficient (Wildman–Crippen LogP) is 13.5. The summed E-state index contributed by atoms with van der Waals surface area (Å²) in [5.74, 6) is 2.86. The molecule has 0 fully saturated rings. The van der Waals surface area contributed by atoms with Crippen LogP contribution in [0.2, 0.25) is 0 Å². The summed E-state index contributed by atoms with van der Waals surface area (Å²) in [6.07, 6.45) is 12.6. The molecule has 0 aliphatic carbocycles. The van der Waals surface area contributed by atoms with Gasteiger partial charge in [0.1, 0.15) is 30.4 Å². The molecule has 0 unspecified atom stereocenters. The van der Waals surface area contributed by atoms with Crippen molar-refractivity contribution in [3.63, 3.8) is 0 Å². The maximum absolute atomic E-state index is 5.00. The summed E-state index contributed by atoms with van der Waals surface area (Å²) in [6.45, 7) is 8.66. The molecule has 0 radical (unpaired) electrons. The molecule has 0 aliphatic rings. The van der Waals surface area contributed by atoms with E-state index in [0.29, 0.717) is 0 Å². The van der Waals surface area contributed by atoms with Gasteiger partial charge in [0, 0.05) is 30.5 Å². The molecular formula is C72H61N14+3. The van der Waals surface area contributed by atoms with Gasteiger partial charge < -0.3 is 9.13 Å². The van der Waals surface area contributed by atoms with E-state index in [4.69, 9.17) is 15.0 Å². The fourth-order valence-corrected chi connectivity index (χ4v) is 13.5. The minimum absolute atomic E-state index is 0.954. The van der Waals surface area contributed by atoms with E-state index >= 15 is 0 Å². The average Bonchev–Trinajstić information content (AvgIpc) is 1.59. The van der Waals surface area contributed by atoms with Gasteiger partial charge in [-0.25, -0.2) is 13.7 Å². The number of hydrogen-bond acceptors (Lipinski definition) is 3. The van der Waals surface area contributed by atoms with Gasteiger partial charge in [0.15, 0.2) is 11.0 Å². The van der Waals surface area contributed by atoms with Crippen molar-refractivity contribution >= 4 is 122 Å². The van der Waals surface area contributed by atoms with E-state index in [1.54, 1.807) is 0 Å². The second-order valence-corrected chi connectivity index (χ2v) is 22.7. The zero-order valence-electron chi connectivity index (χ0n) is 49.1. The van der Waals surface area contributed by atoms with Gasteiger partial charge >= 0.3 is 17.3 Å². The van der Waals surface area contributed by atoms with Crippen LogP contribution in [0.25, 0.3) is 128 Å². The fourth-order valence-electron chi connectivity index (χ4n) is 13.5. The Hall–Kier alpha value is -11.1. The van der Waals surface area contributed by atoms with Gasteiger partial charge in [0.25, 0.3) is 16.9 Å². The highest BCUT2D eigenvalue weighted by Crippen LogP contribution is 2.33. The third kappa shape index (κ3) is 7.38. The molecule has 0 aliphatic heterocycles. The lowest BCUT2D eigenvalue weighted by Gasteiger charge is -2.09. The number of para-hydroxylation sites is 9. The van der Waals surface area contributed by atoms with Crippen LogP contribution in [-0.2, 0) is 28.2 Å². The monoisotopic (exact) mass is 1120 g/mol. The summed E-state index contributed by atoms with van der Waals surface area (Å²) in [6, 6.07) is 65.7. The van der Waals surface area contributed by atoms with Gasteiger partial charge in [0.05, 0.1) is 87.0 Å². The van der Waals surface area contributed by atoms with Crippen LogP contribution in [0.15, 0.2) is 225 Å². The lowest BCUT2D eigenvalue weighted by molar-refractivity contribution is -0.643. The third-order valence-electron chi connectivity index (χ3n) is 17.5. The largest absolute Gasteiger partial charge is 0.337 e. The van der Waals surface area contributed by atoms with Gasteiger partial charge in [-0.1, -0.05) is 103 Å². The van der Waals surface area contributed by atoms with Crippen molar-refractivity contribution in [1.82, 2.24) is 50.5 Å². The number of fused-ring (bicyclic) bond motifs is 27. The normalized spacial score (nSPS) is 12.0. The number of nitrogens with zero attached hydrogens (tertiary/aromatic N) is 14. The van der Waals surface area contributed by atoms with Crippen LogP contribution in [0.3, 0.4) is 0 Å². The van der Waals surface area contributed by atoms with Crippen LogP contribution in [0.1, 0.15) is 22.3 Å². The Morgan fingerprint density at radius 1 is 0.349 bits per heavy atom. The Labute approximate surface area is 493 Å². The number of benzene rings is 8. The van der Waals surface area contributed by atoms with Gasteiger partial charge in [0.2, 0.25) is 0 Å². The molecule has 0 saturated heterocycles. The average molecular weight is 1120 g/mol. The van der Waals surface area contributed by atoms with Crippen molar-refractivity contribution in [2.45, 2.75) is 27.7 Å². The molecule has 416 valence electrons. The molecule has 0 spiro atoms. The minimum Gasteiger partial charge on any atom is -0.337 e. The SMILES string of the molecule is Cc1cccc2c1c1n(c3ccccc3[n+]1C)c1nc3ccccc3n21.Cc1cccc2c1c1n(cc[n+]1C)c1nc3ccccc3n21.Cc1cccc2c1c1n(cc[n+]1C)c1nc3ccccc3n21.Cc1ccccc1-n1ccc2ccn(C)c21. The van der Waals surface area contributed by atoms with Gasteiger partial charge in [-0.2, -0.15) is 28.2 Å². The molecule has 0 amide bonds. The van der Waals surface area contributed by atoms with E-state index in [9.17, 15) is 0 Å². The molecule has 11 aromatic heterocycles. The first-order valence-electron chi connectivity index (χ1n) is 29.1. The van der Waals surface area contributed by atoms with Crippen molar-refractivity contribution < 1.29 is 13.7 Å². The van der Waals surface area contributed by atoms with Crippen molar-refractivity contribution in [3.8, 4) is 5.69 Å². The topological polar surface area (TPSA) is 86.6 Å². The van der Waals surface area contributed by atoms with E-state index in [-0.39, 0.29) is 0 Å². The van der Waals surface area contributed by atoms with E-state index in [1.807, 2.05) is 18.2 Å². The van der Waals surface area contributed by atoms with Crippen LogP contribution in [0.5, 0.6) is 0 Å². The highest BCUT2D eigenvalue weighted by molar-refractivity contribution is 6.02. The molecule has 19 rings (SSSR count). The Morgan fingerprint density at radius 3 is 1.28 bits per heavy atom. The lowest BCUT2D eigenvalue weighted by Crippen LogP contribution is -2.27. The highest BCUT2D eigenvalue weighted by atomic mass is 15.2. The number of aryl methyl sites for hydroxylation is 8. The van der Waals surface area contributed by atoms with E-state index in [0.717, 1.165) is 50.4 Å². The second kappa shape index (κ2) is 19.2. The second-order valence-electron chi connectivity index (χ2n) is 22.7. The standard InChI is InChI=1S/C22H17N4.2C18H15N4.C14H14N2/c1-14-8-7-13-19-20(14)21-24(2)17-11-5-6-12-18(17)26(21)22-23-15-9-3-4-10-16(15)25(19)22;2*1-12-6-5-9-15-16(12)17-20(2)10-11-21(17)18-19-13-7-3-4-8-14(13)22(15)18;1-11-5-3-4-6-13(11)16-10-8-12-7-9-15(2)14(12)16/h3-13H,1-2H3;2*3-11H,1-2H3;3-10H,1-2H3/q3*+1;. The first-order chi connectivity index (χ1) is 42.0. The summed E-state index contributed by atoms with van der Waals surface area (Å²) in [7, 11) is 8.39. The van der Waals surface area contributed by atoms with Gasteiger partial charge in [-0.05, 0) is 135 Å². The number of hydrogen-bond donors (Lipinski definition) is 0. The van der Waals surface area contributed by atoms with Crippen molar-refractivity contribution in [2.24, 2.45) is 28.2 Å². The molecule has 0 bridgehead atoms. The molecule has 14 nitrogen and oxygen atoms in total. The number of aromatic nitrogens is 14. The first kappa shape index (κ1) is 50.6. The summed E-state index contributed by atoms with van der Waals surface area (Å²) in [4.78, 5) is 14.7. The van der Waals surface area contributed by atoms with Crippen LogP contribution >= 0.6 is 0 Å². The van der Waals surface area contributed by atoms with E-state index in [2.05, 4.69) is 312 Å². The molecule has 0 atom stereocenters. The third-order valence-corrected chi connectivity index (χ3v) is 17.5. The van der Waals surface area contributed by atoms with Gasteiger partial charge in [-0.3, -0.25) is 13.2 Å². The number of rotatable bonds is 1. The maximum Gasteiger partial charge on any atom is 0.312 e. The van der Waals surface area contributed by atoms with Crippen molar-refractivity contribution in [1.29, 1.82) is 0 Å². The highest BCUT2D eigenvalue weighted by Gasteiger charge is 2.28. The molecule has 86 heavy (non-hydrogen) atoms. The Kier molecular flexibility index (Phi) is 11.3. The summed E-state index contributed by atoms with van der Waals surface area (Å²) in [5, 5.41) is 5.09. The minimum atomic E-state index is 0.954. The van der Waals surface area contributed by atoms with Gasteiger partial charge in [-0.15, -0.1) is 0 Å². The fraction of sp³-hybridized carbons (Fsp3) is 0.111. The molecule has 0 saturated carbocycles. The Bertz CT molecular complexity index is 5780. The molecule has 19 aromatic rings. The molecule has 0 N–H and O–H groups in total. The van der Waals surface area contributed by atoms with Crippen LogP contribution in [0, 0.1) is 27.7 Å². The quantitative estimate of drug-likeness (QED) is 0.153. The predicted molar refractivity (Wildman–Crippen MR) is 346 cm³/mol. The summed E-state index contributed by atoms with van der Waals surface area (Å²) in [5.41, 5.74) is 23.6. The first-order valence-corrected chi connectivity index (χ1v) is 29.1. The van der Waals surface area contributed by atoms with Crippen LogP contribution in [-0.4, -0.2) is 50.5 Å². The summed E-state index contributed by atoms with van der Waals surface area (Å²) < 4.78 is 24.4. The van der Waals surface area contributed by atoms with Crippen LogP contribution < -0.4 is 13.7 Å². The van der Waals surface area contributed by atoms with E-state index < -0.39 is 0 Å². The molecular weight excluding hydrogens is 1060 g/mol. The Morgan fingerprint density at radius 2 is 0.756 bits per heavy atom. The molecule has 8 aromatic carbocycles. The van der Waals surface area contributed by atoms with Crippen LogP contribution in [0.4, 0.5) is 0 Å². The number of imidazole rings is 6. The maximum atomic E-state index is 5.00. The Balaban J connectivity index is 0.0000000942.